The first-order valence-electron chi connectivity index (χ1n) is 7.09. The van der Waals surface area contributed by atoms with Crippen LogP contribution < -0.4 is 11.1 Å². The average Bonchev–Trinajstić information content (AvgIpc) is 2.69. The van der Waals surface area contributed by atoms with Crippen LogP contribution in [0, 0.1) is 0 Å². The van der Waals surface area contributed by atoms with Crippen LogP contribution >= 0.6 is 11.8 Å². The maximum atomic E-state index is 12.2. The molecule has 0 bridgehead atoms. The van der Waals surface area contributed by atoms with Gasteiger partial charge in [-0.2, -0.15) is 0 Å². The van der Waals surface area contributed by atoms with Gasteiger partial charge in [-0.25, -0.2) is 4.98 Å². The zero-order chi connectivity index (χ0) is 14.7. The number of nitrogens with two attached hydrogens (primary N) is 1. The maximum Gasteiger partial charge on any atom is 0.233 e. The minimum absolute atomic E-state index is 0.170. The van der Waals surface area contributed by atoms with E-state index >= 15 is 0 Å². The lowest BCUT2D eigenvalue weighted by atomic mass is 10.3. The molecular weight excluding hydrogens is 286 g/mol. The molecule has 1 aliphatic rings. The van der Waals surface area contributed by atoms with Crippen LogP contribution in [0.4, 0.5) is 5.69 Å². The van der Waals surface area contributed by atoms with Crippen molar-refractivity contribution in [1.29, 1.82) is 0 Å². The van der Waals surface area contributed by atoms with Gasteiger partial charge >= 0.3 is 0 Å². The molecule has 6 nitrogen and oxygen atoms in total. The molecule has 0 saturated carbocycles. The van der Waals surface area contributed by atoms with Crippen LogP contribution in [0.15, 0.2) is 23.4 Å². The number of imidazole rings is 1. The second-order valence-electron chi connectivity index (χ2n) is 5.09. The molecule has 1 fully saturated rings. The number of hydrogen-bond donors (Lipinski definition) is 3. The first-order valence-corrected chi connectivity index (χ1v) is 8.07. The highest BCUT2D eigenvalue weighted by atomic mass is 32.2. The van der Waals surface area contributed by atoms with E-state index in [-0.39, 0.29) is 5.91 Å². The Bertz CT molecular complexity index is 633. The number of thioether (sulfide) groups is 1. The summed E-state index contributed by atoms with van der Waals surface area (Å²) in [6, 6.07) is 5.56. The zero-order valence-corrected chi connectivity index (χ0v) is 12.6. The molecule has 1 aromatic heterocycles. The normalized spacial score (nSPS) is 16.1. The van der Waals surface area contributed by atoms with Crippen molar-refractivity contribution in [2.24, 2.45) is 0 Å². The lowest BCUT2D eigenvalue weighted by Crippen LogP contribution is -2.35. The molecule has 1 aromatic carbocycles. The number of hydrogen-bond acceptors (Lipinski definition) is 5. The number of nitrogen functional groups attached to an aromatic ring is 1. The number of aromatic amines is 1. The number of anilines is 1. The summed E-state index contributed by atoms with van der Waals surface area (Å²) in [5.74, 6) is 0.582. The van der Waals surface area contributed by atoms with Crippen molar-refractivity contribution in [2.45, 2.75) is 11.6 Å². The summed E-state index contributed by atoms with van der Waals surface area (Å²) >= 11 is 1.44. The minimum Gasteiger partial charge on any atom is -0.399 e. The van der Waals surface area contributed by atoms with E-state index in [9.17, 15) is 4.79 Å². The molecule has 0 radical (unpaired) electrons. The van der Waals surface area contributed by atoms with Gasteiger partial charge in [-0.3, -0.25) is 4.79 Å². The van der Waals surface area contributed by atoms with Crippen molar-refractivity contribution in [2.75, 3.05) is 37.7 Å². The number of H-pyrrole nitrogens is 1. The van der Waals surface area contributed by atoms with E-state index in [1.54, 1.807) is 0 Å². The van der Waals surface area contributed by atoms with Gasteiger partial charge in [0, 0.05) is 25.3 Å². The van der Waals surface area contributed by atoms with E-state index in [0.29, 0.717) is 11.4 Å². The van der Waals surface area contributed by atoms with Crippen molar-refractivity contribution in [3.05, 3.63) is 18.2 Å². The van der Waals surface area contributed by atoms with Crippen molar-refractivity contribution < 1.29 is 4.79 Å². The molecule has 0 atom stereocenters. The SMILES string of the molecule is Nc1ccc2nc(SCC(=O)N3CCCNCC3)[nH]c2c1. The number of fused-ring (bicyclic) bond motifs is 1. The van der Waals surface area contributed by atoms with Gasteiger partial charge in [0.15, 0.2) is 5.16 Å². The van der Waals surface area contributed by atoms with E-state index in [1.165, 1.54) is 11.8 Å². The molecule has 4 N–H and O–H groups in total. The first kappa shape index (κ1) is 14.2. The van der Waals surface area contributed by atoms with Crippen LogP contribution in [0.3, 0.4) is 0 Å². The molecule has 2 heterocycles. The van der Waals surface area contributed by atoms with Crippen LogP contribution in [-0.2, 0) is 4.79 Å². The zero-order valence-electron chi connectivity index (χ0n) is 11.8. The smallest absolute Gasteiger partial charge is 0.233 e. The van der Waals surface area contributed by atoms with E-state index in [1.807, 2.05) is 23.1 Å². The Morgan fingerprint density at radius 3 is 3.19 bits per heavy atom. The van der Waals surface area contributed by atoms with Gasteiger partial charge in [-0.15, -0.1) is 0 Å². The second kappa shape index (κ2) is 6.36. The van der Waals surface area contributed by atoms with Crippen molar-refractivity contribution >= 4 is 34.4 Å². The number of carbonyl (C=O) groups is 1. The van der Waals surface area contributed by atoms with Gasteiger partial charge in [-0.05, 0) is 31.2 Å². The summed E-state index contributed by atoms with van der Waals surface area (Å²) in [4.78, 5) is 21.8. The van der Waals surface area contributed by atoms with E-state index in [4.69, 9.17) is 5.73 Å². The standard InChI is InChI=1S/C14H19N5OS/c15-10-2-3-11-12(8-10)18-14(17-11)21-9-13(20)19-6-1-4-16-5-7-19/h2-3,8,16H,1,4-7,9,15H2,(H,17,18). The molecule has 1 aliphatic heterocycles. The summed E-state index contributed by atoms with van der Waals surface area (Å²) in [5.41, 5.74) is 8.23. The monoisotopic (exact) mass is 305 g/mol. The summed E-state index contributed by atoms with van der Waals surface area (Å²) in [7, 11) is 0. The lowest BCUT2D eigenvalue weighted by molar-refractivity contribution is -0.128. The van der Waals surface area contributed by atoms with Crippen molar-refractivity contribution in [3.8, 4) is 0 Å². The van der Waals surface area contributed by atoms with E-state index in [2.05, 4.69) is 15.3 Å². The molecule has 3 rings (SSSR count). The summed E-state index contributed by atoms with van der Waals surface area (Å²) in [5, 5.41) is 4.06. The third kappa shape index (κ3) is 3.48. The average molecular weight is 305 g/mol. The number of carbonyl (C=O) groups excluding carboxylic acids is 1. The van der Waals surface area contributed by atoms with Crippen molar-refractivity contribution in [1.82, 2.24) is 20.2 Å². The van der Waals surface area contributed by atoms with Gasteiger partial charge in [-0.1, -0.05) is 11.8 Å². The van der Waals surface area contributed by atoms with Crippen LogP contribution in [0.1, 0.15) is 6.42 Å². The van der Waals surface area contributed by atoms with Gasteiger partial charge in [0.2, 0.25) is 5.91 Å². The Hall–Kier alpha value is -1.73. The van der Waals surface area contributed by atoms with Crippen LogP contribution in [0.25, 0.3) is 11.0 Å². The fraction of sp³-hybridized carbons (Fsp3) is 0.429. The number of aromatic nitrogens is 2. The summed E-state index contributed by atoms with van der Waals surface area (Å²) < 4.78 is 0. The Morgan fingerprint density at radius 1 is 1.38 bits per heavy atom. The second-order valence-corrected chi connectivity index (χ2v) is 6.06. The highest BCUT2D eigenvalue weighted by molar-refractivity contribution is 7.99. The van der Waals surface area contributed by atoms with E-state index in [0.717, 1.165) is 48.8 Å². The molecule has 0 unspecified atom stereocenters. The minimum atomic E-state index is 0.170. The van der Waals surface area contributed by atoms with Crippen LogP contribution in [-0.4, -0.2) is 52.7 Å². The highest BCUT2D eigenvalue weighted by Crippen LogP contribution is 2.21. The third-order valence-electron chi connectivity index (χ3n) is 3.51. The van der Waals surface area contributed by atoms with E-state index < -0.39 is 0 Å². The number of rotatable bonds is 3. The lowest BCUT2D eigenvalue weighted by Gasteiger charge is -2.19. The first-order chi connectivity index (χ1) is 10.2. The number of amides is 1. The third-order valence-corrected chi connectivity index (χ3v) is 4.37. The molecule has 0 aliphatic carbocycles. The van der Waals surface area contributed by atoms with Crippen LogP contribution in [0.5, 0.6) is 0 Å². The maximum absolute atomic E-state index is 12.2. The van der Waals surface area contributed by atoms with Crippen molar-refractivity contribution in [3.63, 3.8) is 0 Å². The Labute approximate surface area is 127 Å². The number of nitrogens with zero attached hydrogens (tertiary/aromatic N) is 2. The molecule has 1 amide bonds. The summed E-state index contributed by atoms with van der Waals surface area (Å²) in [6.45, 7) is 3.49. The van der Waals surface area contributed by atoms with Gasteiger partial charge in [0.05, 0.1) is 16.8 Å². The molecular formula is C14H19N5OS. The molecule has 0 spiro atoms. The van der Waals surface area contributed by atoms with Gasteiger partial charge < -0.3 is 20.9 Å². The van der Waals surface area contributed by atoms with Gasteiger partial charge in [0.25, 0.3) is 0 Å². The number of nitrogens with one attached hydrogen (secondary N) is 2. The predicted molar refractivity (Wildman–Crippen MR) is 85.3 cm³/mol. The Morgan fingerprint density at radius 2 is 2.29 bits per heavy atom. The van der Waals surface area contributed by atoms with Gasteiger partial charge in [0.1, 0.15) is 0 Å². The molecule has 21 heavy (non-hydrogen) atoms. The fourth-order valence-electron chi connectivity index (χ4n) is 2.39. The Kier molecular flexibility index (Phi) is 4.31. The fourth-order valence-corrected chi connectivity index (χ4v) is 3.18. The predicted octanol–water partition coefficient (Wildman–Crippen LogP) is 1.06. The molecule has 7 heteroatoms. The molecule has 2 aromatic rings. The van der Waals surface area contributed by atoms with Crippen LogP contribution in [0.2, 0.25) is 0 Å². The quantitative estimate of drug-likeness (QED) is 0.583. The Balaban J connectivity index is 1.61. The number of benzene rings is 1. The molecule has 112 valence electrons. The highest BCUT2D eigenvalue weighted by Gasteiger charge is 2.16. The molecule has 1 saturated heterocycles. The largest absolute Gasteiger partial charge is 0.399 e. The topological polar surface area (TPSA) is 87.0 Å². The summed E-state index contributed by atoms with van der Waals surface area (Å²) in [6.07, 6.45) is 1.01.